The van der Waals surface area contributed by atoms with E-state index in [0.29, 0.717) is 40.0 Å². The van der Waals surface area contributed by atoms with Gasteiger partial charge < -0.3 is 33.7 Å². The molecule has 2 aromatic carbocycles. The van der Waals surface area contributed by atoms with E-state index in [-0.39, 0.29) is 0 Å². The summed E-state index contributed by atoms with van der Waals surface area (Å²) in [5, 5.41) is 2.62. The lowest BCUT2D eigenvalue weighted by Gasteiger charge is -2.12. The van der Waals surface area contributed by atoms with Crippen molar-refractivity contribution in [3.8, 4) is 28.7 Å². The summed E-state index contributed by atoms with van der Waals surface area (Å²) in [6.07, 6.45) is 2.68. The average Bonchev–Trinajstić information content (AvgIpc) is 2.80. The third kappa shape index (κ3) is 6.30. The van der Waals surface area contributed by atoms with E-state index in [4.69, 9.17) is 28.4 Å². The highest BCUT2D eigenvalue weighted by atomic mass is 16.5. The number of hydrogen-bond donors (Lipinski definition) is 1. The fourth-order valence-corrected chi connectivity index (χ4v) is 2.61. The zero-order chi connectivity index (χ0) is 22.8. The predicted molar refractivity (Wildman–Crippen MR) is 114 cm³/mol. The van der Waals surface area contributed by atoms with Gasteiger partial charge in [0.25, 0.3) is 5.91 Å². The lowest BCUT2D eigenvalue weighted by molar-refractivity contribution is -0.142. The largest absolute Gasteiger partial charge is 0.497 e. The third-order valence-electron chi connectivity index (χ3n) is 4.16. The number of nitrogens with one attached hydrogen (secondary N) is 1. The molecule has 0 bridgehead atoms. The quantitative estimate of drug-likeness (QED) is 0.453. The molecule has 0 unspecified atom stereocenters. The maximum atomic E-state index is 12.1. The first-order valence-electron chi connectivity index (χ1n) is 9.12. The molecule has 0 fully saturated rings. The smallest absolute Gasteiger partial charge is 0.331 e. The van der Waals surface area contributed by atoms with Crippen molar-refractivity contribution in [1.82, 2.24) is 0 Å². The molecular weight excluding hydrogens is 406 g/mol. The Hall–Kier alpha value is -3.88. The SMILES string of the molecule is COc1ccc(NC(=O)COC(=O)/C=C/c2cc(OC)c(OC)cc2OC)c(OC)c1. The van der Waals surface area contributed by atoms with Crippen molar-refractivity contribution in [2.45, 2.75) is 0 Å². The molecule has 1 N–H and O–H groups in total. The maximum absolute atomic E-state index is 12.1. The van der Waals surface area contributed by atoms with Crippen LogP contribution in [0, 0.1) is 0 Å². The Bertz CT molecular complexity index is 955. The molecule has 0 saturated carbocycles. The molecule has 2 rings (SSSR count). The number of methoxy groups -OCH3 is 5. The molecule has 0 aliphatic rings. The van der Waals surface area contributed by atoms with Gasteiger partial charge >= 0.3 is 5.97 Å². The van der Waals surface area contributed by atoms with Crippen molar-refractivity contribution in [2.75, 3.05) is 47.5 Å². The summed E-state index contributed by atoms with van der Waals surface area (Å²) in [5.74, 6) is 1.22. The number of hydrogen-bond acceptors (Lipinski definition) is 8. The number of anilines is 1. The Morgan fingerprint density at radius 2 is 1.45 bits per heavy atom. The van der Waals surface area contributed by atoms with Gasteiger partial charge in [-0.1, -0.05) is 0 Å². The van der Waals surface area contributed by atoms with Crippen LogP contribution in [-0.4, -0.2) is 54.0 Å². The van der Waals surface area contributed by atoms with E-state index >= 15 is 0 Å². The first-order valence-corrected chi connectivity index (χ1v) is 9.12. The van der Waals surface area contributed by atoms with E-state index in [1.54, 1.807) is 30.3 Å². The number of ether oxygens (including phenoxy) is 6. The van der Waals surface area contributed by atoms with E-state index in [0.717, 1.165) is 0 Å². The molecule has 9 nitrogen and oxygen atoms in total. The van der Waals surface area contributed by atoms with Crippen molar-refractivity contribution in [1.29, 1.82) is 0 Å². The minimum absolute atomic E-state index is 0.416. The van der Waals surface area contributed by atoms with E-state index in [1.165, 1.54) is 47.7 Å². The summed E-state index contributed by atoms with van der Waals surface area (Å²) in [7, 11) is 7.50. The topological polar surface area (TPSA) is 102 Å². The molecule has 31 heavy (non-hydrogen) atoms. The van der Waals surface area contributed by atoms with Crippen molar-refractivity contribution < 1.29 is 38.0 Å². The van der Waals surface area contributed by atoms with Gasteiger partial charge in [-0.25, -0.2) is 4.79 Å². The summed E-state index contributed by atoms with van der Waals surface area (Å²) >= 11 is 0. The average molecular weight is 431 g/mol. The van der Waals surface area contributed by atoms with Crippen LogP contribution in [-0.2, 0) is 14.3 Å². The molecule has 0 heterocycles. The minimum atomic E-state index is -0.700. The first-order chi connectivity index (χ1) is 14.9. The van der Waals surface area contributed by atoms with Crippen molar-refractivity contribution >= 4 is 23.6 Å². The second-order valence-electron chi connectivity index (χ2n) is 6.00. The number of carbonyl (C=O) groups excluding carboxylic acids is 2. The van der Waals surface area contributed by atoms with Gasteiger partial charge in [0.1, 0.15) is 17.2 Å². The second-order valence-corrected chi connectivity index (χ2v) is 6.00. The standard InChI is InChI=1S/C22H25NO8/c1-26-15-7-8-16(18(11-15)28-3)23-21(24)13-31-22(25)9-6-14-10-19(29-4)20(30-5)12-17(14)27-2/h6-12H,13H2,1-5H3,(H,23,24)/b9-6+. The summed E-state index contributed by atoms with van der Waals surface area (Å²) in [6, 6.07) is 8.22. The Labute approximate surface area is 180 Å². The van der Waals surface area contributed by atoms with Crippen molar-refractivity contribution in [3.63, 3.8) is 0 Å². The van der Waals surface area contributed by atoms with Crippen molar-refractivity contribution in [3.05, 3.63) is 42.0 Å². The van der Waals surface area contributed by atoms with E-state index < -0.39 is 18.5 Å². The number of esters is 1. The third-order valence-corrected chi connectivity index (χ3v) is 4.16. The fourth-order valence-electron chi connectivity index (χ4n) is 2.61. The van der Waals surface area contributed by atoms with Gasteiger partial charge in [0.2, 0.25) is 0 Å². The van der Waals surface area contributed by atoms with Crippen LogP contribution in [0.1, 0.15) is 5.56 Å². The highest BCUT2D eigenvalue weighted by Crippen LogP contribution is 2.35. The van der Waals surface area contributed by atoms with Crippen LogP contribution in [0.4, 0.5) is 5.69 Å². The highest BCUT2D eigenvalue weighted by molar-refractivity contribution is 5.95. The van der Waals surface area contributed by atoms with Gasteiger partial charge in [-0.2, -0.15) is 0 Å². The molecule has 0 radical (unpaired) electrons. The summed E-state index contributed by atoms with van der Waals surface area (Å²) < 4.78 is 31.1. The van der Waals surface area contributed by atoms with Crippen molar-refractivity contribution in [2.24, 2.45) is 0 Å². The van der Waals surface area contributed by atoms with Gasteiger partial charge in [0.15, 0.2) is 18.1 Å². The van der Waals surface area contributed by atoms with Crippen LogP contribution in [0.3, 0.4) is 0 Å². The predicted octanol–water partition coefficient (Wildman–Crippen LogP) is 2.92. The maximum Gasteiger partial charge on any atom is 0.331 e. The Morgan fingerprint density at radius 3 is 2.06 bits per heavy atom. The van der Waals surface area contributed by atoms with E-state index in [1.807, 2.05) is 0 Å². The van der Waals surface area contributed by atoms with Gasteiger partial charge in [0.05, 0.1) is 41.2 Å². The number of carbonyl (C=O) groups is 2. The normalized spacial score (nSPS) is 10.4. The van der Waals surface area contributed by atoms with E-state index in [2.05, 4.69) is 5.32 Å². The van der Waals surface area contributed by atoms with Crippen LogP contribution in [0.15, 0.2) is 36.4 Å². The molecule has 1 amide bonds. The molecule has 0 aliphatic heterocycles. The first kappa shape index (κ1) is 23.4. The second kappa shape index (κ2) is 11.3. The van der Waals surface area contributed by atoms with Crippen LogP contribution < -0.4 is 29.0 Å². The molecule has 166 valence electrons. The Balaban J connectivity index is 1.99. The number of rotatable bonds is 10. The molecule has 2 aromatic rings. The zero-order valence-electron chi connectivity index (χ0n) is 18.0. The van der Waals surface area contributed by atoms with Gasteiger partial charge in [0, 0.05) is 23.8 Å². The minimum Gasteiger partial charge on any atom is -0.497 e. The molecule has 0 atom stereocenters. The van der Waals surface area contributed by atoms with Gasteiger partial charge in [-0.15, -0.1) is 0 Å². The summed E-state index contributed by atoms with van der Waals surface area (Å²) in [4.78, 5) is 24.1. The Morgan fingerprint density at radius 1 is 0.806 bits per heavy atom. The van der Waals surface area contributed by atoms with Crippen LogP contribution in [0.5, 0.6) is 28.7 Å². The fraction of sp³-hybridized carbons (Fsp3) is 0.273. The Kier molecular flexibility index (Phi) is 8.56. The number of amides is 1. The molecule has 0 aliphatic carbocycles. The molecule has 0 saturated heterocycles. The van der Waals surface area contributed by atoms with Gasteiger partial charge in [-0.3, -0.25) is 4.79 Å². The lowest BCUT2D eigenvalue weighted by Crippen LogP contribution is -2.20. The van der Waals surface area contributed by atoms with Crippen LogP contribution in [0.2, 0.25) is 0 Å². The molecular formula is C22H25NO8. The van der Waals surface area contributed by atoms with Gasteiger partial charge in [-0.05, 0) is 24.3 Å². The van der Waals surface area contributed by atoms with Crippen LogP contribution >= 0.6 is 0 Å². The summed E-state index contributed by atoms with van der Waals surface area (Å²) in [6.45, 7) is -0.471. The monoisotopic (exact) mass is 431 g/mol. The lowest BCUT2D eigenvalue weighted by atomic mass is 10.1. The van der Waals surface area contributed by atoms with E-state index in [9.17, 15) is 9.59 Å². The van der Waals surface area contributed by atoms with Crippen LogP contribution in [0.25, 0.3) is 6.08 Å². The zero-order valence-corrected chi connectivity index (χ0v) is 18.0. The molecule has 0 aromatic heterocycles. The highest BCUT2D eigenvalue weighted by Gasteiger charge is 2.12. The summed E-state index contributed by atoms with van der Waals surface area (Å²) in [5.41, 5.74) is 1.000. The number of benzene rings is 2. The molecule has 9 heteroatoms. The molecule has 0 spiro atoms.